The lowest BCUT2D eigenvalue weighted by molar-refractivity contribution is 0.956. The van der Waals surface area contributed by atoms with Crippen molar-refractivity contribution >= 4 is 12.6 Å². The summed E-state index contributed by atoms with van der Waals surface area (Å²) >= 11 is 0. The van der Waals surface area contributed by atoms with Gasteiger partial charge in [-0.15, -0.1) is 6.58 Å². The predicted octanol–water partition coefficient (Wildman–Crippen LogP) is 3.61. The first-order valence-electron chi connectivity index (χ1n) is 4.46. The Morgan fingerprint density at radius 2 is 2.00 bits per heavy atom. The number of unbranched alkanes of at least 4 members (excludes halogenated alkanes) is 1. The number of aliphatic imine (C=N–C) groups is 2. The Hall–Kier alpha value is -1.18. The van der Waals surface area contributed by atoms with Crippen LogP contribution in [0, 0.1) is 0 Å². The van der Waals surface area contributed by atoms with Gasteiger partial charge in [0, 0.05) is 6.20 Å². The first kappa shape index (κ1) is 14.3. The quantitative estimate of drug-likeness (QED) is 0.360. The van der Waals surface area contributed by atoms with Gasteiger partial charge in [0.05, 0.1) is 0 Å². The van der Waals surface area contributed by atoms with Gasteiger partial charge in [0.25, 0.3) is 0 Å². The maximum Gasteiger partial charge on any atom is 0.124 e. The van der Waals surface area contributed by atoms with E-state index in [1.54, 1.807) is 12.3 Å². The lowest BCUT2D eigenvalue weighted by Gasteiger charge is -1.84. The van der Waals surface area contributed by atoms with Gasteiger partial charge in [-0.3, -0.25) is 0 Å². The van der Waals surface area contributed by atoms with Crippen molar-refractivity contribution in [2.24, 2.45) is 9.98 Å². The van der Waals surface area contributed by atoms with Crippen LogP contribution in [-0.4, -0.2) is 12.6 Å². The Labute approximate surface area is 81.8 Å². The third kappa shape index (κ3) is 18.1. The Balaban J connectivity index is 0. The molecular weight excluding hydrogens is 160 g/mol. The molecule has 0 radical (unpaired) electrons. The molecule has 0 fully saturated rings. The van der Waals surface area contributed by atoms with Crippen LogP contribution < -0.4 is 0 Å². The van der Waals surface area contributed by atoms with Crippen LogP contribution in [0.1, 0.15) is 33.6 Å². The molecule has 0 unspecified atom stereocenters. The van der Waals surface area contributed by atoms with E-state index in [0.717, 1.165) is 12.8 Å². The smallest absolute Gasteiger partial charge is 0.124 e. The van der Waals surface area contributed by atoms with E-state index in [1.807, 2.05) is 19.9 Å². The summed E-state index contributed by atoms with van der Waals surface area (Å²) < 4.78 is 0. The molecule has 0 saturated carbocycles. The van der Waals surface area contributed by atoms with Gasteiger partial charge in [0.1, 0.15) is 5.84 Å². The van der Waals surface area contributed by atoms with Crippen LogP contribution in [-0.2, 0) is 0 Å². The zero-order valence-electron chi connectivity index (χ0n) is 8.95. The van der Waals surface area contributed by atoms with E-state index >= 15 is 0 Å². The lowest BCUT2D eigenvalue weighted by Crippen LogP contribution is -1.79. The van der Waals surface area contributed by atoms with Gasteiger partial charge in [-0.05, 0) is 27.0 Å². The van der Waals surface area contributed by atoms with Crippen LogP contribution in [0.4, 0.5) is 0 Å². The van der Waals surface area contributed by atoms with Crippen molar-refractivity contribution in [3.05, 3.63) is 24.9 Å². The zero-order chi connectivity index (χ0) is 10.5. The fraction of sp³-hybridized carbons (Fsp3) is 0.455. The fourth-order valence-electron chi connectivity index (χ4n) is 0.443. The van der Waals surface area contributed by atoms with Crippen LogP contribution in [0.3, 0.4) is 0 Å². The number of allylic oxidation sites excluding steroid dienone is 2. The normalized spacial score (nSPS) is 10.5. The molecule has 0 rings (SSSR count). The SMILES string of the molecule is C=CC.C=NC(C)=N/C=C\CCC. The standard InChI is InChI=1S/C8H14N2.C3H6/c1-4-5-6-7-10-8(2)9-3;1-3-2/h6-7H,3-5H2,1-2H3;3H,1H2,2H3/b7-6-,10-8?;. The topological polar surface area (TPSA) is 24.7 Å². The average molecular weight is 180 g/mol. The summed E-state index contributed by atoms with van der Waals surface area (Å²) in [5, 5.41) is 0. The second kappa shape index (κ2) is 13.4. The van der Waals surface area contributed by atoms with Crippen LogP contribution in [0.15, 0.2) is 34.9 Å². The van der Waals surface area contributed by atoms with E-state index in [9.17, 15) is 0 Å². The highest BCUT2D eigenvalue weighted by atomic mass is 14.9. The van der Waals surface area contributed by atoms with Gasteiger partial charge >= 0.3 is 0 Å². The summed E-state index contributed by atoms with van der Waals surface area (Å²) in [6.45, 7) is 12.5. The van der Waals surface area contributed by atoms with Crippen LogP contribution in [0.25, 0.3) is 0 Å². The van der Waals surface area contributed by atoms with Crippen LogP contribution >= 0.6 is 0 Å². The van der Waals surface area contributed by atoms with E-state index in [1.165, 1.54) is 0 Å². The van der Waals surface area contributed by atoms with Crippen molar-refractivity contribution in [2.75, 3.05) is 0 Å². The minimum absolute atomic E-state index is 0.715. The number of rotatable bonds is 3. The molecule has 0 aromatic carbocycles. The molecule has 0 amide bonds. The molecule has 0 bridgehead atoms. The number of nitrogens with zero attached hydrogens (tertiary/aromatic N) is 2. The molecule has 0 saturated heterocycles. The maximum absolute atomic E-state index is 3.99. The third-order valence-electron chi connectivity index (χ3n) is 1.05. The van der Waals surface area contributed by atoms with Gasteiger partial charge in [-0.1, -0.05) is 25.5 Å². The molecule has 0 aromatic rings. The average Bonchev–Trinajstić information content (AvgIpc) is 2.13. The molecule has 0 aliphatic carbocycles. The molecule has 0 N–H and O–H groups in total. The summed E-state index contributed by atoms with van der Waals surface area (Å²) in [6.07, 6.45) is 7.78. The largest absolute Gasteiger partial charge is 0.250 e. The molecule has 0 atom stereocenters. The number of hydrogen-bond donors (Lipinski definition) is 0. The molecule has 0 heterocycles. The summed E-state index contributed by atoms with van der Waals surface area (Å²) in [5.41, 5.74) is 0. The van der Waals surface area contributed by atoms with E-state index in [0.29, 0.717) is 5.84 Å². The first-order chi connectivity index (χ1) is 6.22. The highest BCUT2D eigenvalue weighted by molar-refractivity contribution is 5.84. The zero-order valence-corrected chi connectivity index (χ0v) is 8.95. The summed E-state index contributed by atoms with van der Waals surface area (Å²) in [7, 11) is 0. The minimum atomic E-state index is 0.715. The molecule has 0 aliphatic heterocycles. The second-order valence-corrected chi connectivity index (χ2v) is 2.42. The van der Waals surface area contributed by atoms with Gasteiger partial charge in [-0.2, -0.15) is 0 Å². The minimum Gasteiger partial charge on any atom is -0.250 e. The van der Waals surface area contributed by atoms with E-state index in [2.05, 4.69) is 30.2 Å². The molecule has 74 valence electrons. The van der Waals surface area contributed by atoms with Crippen LogP contribution in [0.5, 0.6) is 0 Å². The molecule has 0 aliphatic rings. The Bertz CT molecular complexity index is 179. The highest BCUT2D eigenvalue weighted by Crippen LogP contribution is 1.89. The summed E-state index contributed by atoms with van der Waals surface area (Å²) in [5.74, 6) is 0.715. The molecular formula is C11H20N2. The highest BCUT2D eigenvalue weighted by Gasteiger charge is 1.75. The van der Waals surface area contributed by atoms with Crippen LogP contribution in [0.2, 0.25) is 0 Å². The molecule has 2 nitrogen and oxygen atoms in total. The summed E-state index contributed by atoms with van der Waals surface area (Å²) in [4.78, 5) is 7.62. The molecule has 2 heteroatoms. The van der Waals surface area contributed by atoms with Gasteiger partial charge in [-0.25, -0.2) is 9.98 Å². The Morgan fingerprint density at radius 3 is 2.38 bits per heavy atom. The number of amidine groups is 1. The monoisotopic (exact) mass is 180 g/mol. The van der Waals surface area contributed by atoms with Gasteiger partial charge in [0.15, 0.2) is 0 Å². The first-order valence-corrected chi connectivity index (χ1v) is 4.46. The Kier molecular flexibility index (Phi) is 14.8. The van der Waals surface area contributed by atoms with Gasteiger partial charge < -0.3 is 0 Å². The van der Waals surface area contributed by atoms with Gasteiger partial charge in [0.2, 0.25) is 0 Å². The summed E-state index contributed by atoms with van der Waals surface area (Å²) in [6, 6.07) is 0. The molecule has 0 aromatic heterocycles. The lowest BCUT2D eigenvalue weighted by atomic mass is 10.3. The van der Waals surface area contributed by atoms with Crippen molar-refractivity contribution in [3.63, 3.8) is 0 Å². The van der Waals surface area contributed by atoms with E-state index in [-0.39, 0.29) is 0 Å². The molecule has 13 heavy (non-hydrogen) atoms. The van der Waals surface area contributed by atoms with Crippen molar-refractivity contribution in [2.45, 2.75) is 33.6 Å². The third-order valence-corrected chi connectivity index (χ3v) is 1.05. The predicted molar refractivity (Wildman–Crippen MR) is 62.6 cm³/mol. The van der Waals surface area contributed by atoms with Crippen molar-refractivity contribution in [1.82, 2.24) is 0 Å². The van der Waals surface area contributed by atoms with Crippen molar-refractivity contribution < 1.29 is 0 Å². The Morgan fingerprint density at radius 1 is 1.46 bits per heavy atom. The fourth-order valence-corrected chi connectivity index (χ4v) is 0.443. The van der Waals surface area contributed by atoms with E-state index < -0.39 is 0 Å². The van der Waals surface area contributed by atoms with E-state index in [4.69, 9.17) is 0 Å². The van der Waals surface area contributed by atoms with Crippen molar-refractivity contribution in [3.8, 4) is 0 Å². The van der Waals surface area contributed by atoms with Crippen molar-refractivity contribution in [1.29, 1.82) is 0 Å². The second-order valence-electron chi connectivity index (χ2n) is 2.42. The molecule has 0 spiro atoms. The number of hydrogen-bond acceptors (Lipinski definition) is 1. The maximum atomic E-state index is 3.99.